The molecule has 2 aromatic rings. The number of rotatable bonds is 1. The van der Waals surface area contributed by atoms with Gasteiger partial charge in [0.15, 0.2) is 0 Å². The topological polar surface area (TPSA) is 22.1 Å². The fourth-order valence-electron chi connectivity index (χ4n) is 0.982. The fraction of sp³-hybridized carbons (Fsp3) is 0.125. The summed E-state index contributed by atoms with van der Waals surface area (Å²) in [6.45, 7) is 0. The van der Waals surface area contributed by atoms with Crippen LogP contribution in [0.2, 0.25) is 0 Å². The van der Waals surface area contributed by atoms with Crippen molar-refractivity contribution in [3.8, 4) is 5.19 Å². The molecule has 0 aliphatic rings. The summed E-state index contributed by atoms with van der Waals surface area (Å²) in [6.07, 6.45) is 0. The molecule has 0 amide bonds. The minimum absolute atomic E-state index is 0.705. The molecule has 62 valence electrons. The van der Waals surface area contributed by atoms with Crippen LogP contribution in [0.1, 0.15) is 0 Å². The van der Waals surface area contributed by atoms with Gasteiger partial charge in [-0.3, -0.25) is 0 Å². The summed E-state index contributed by atoms with van der Waals surface area (Å²) in [5.74, 6) is 0. The van der Waals surface area contributed by atoms with Crippen molar-refractivity contribution in [3.05, 3.63) is 22.7 Å². The number of ether oxygens (including phenoxy) is 1. The Hall–Kier alpha value is -0.610. The predicted octanol–water partition coefficient (Wildman–Crippen LogP) is 3.07. The molecule has 0 aliphatic carbocycles. The molecule has 2 nitrogen and oxygen atoms in total. The van der Waals surface area contributed by atoms with Crippen LogP contribution in [0.25, 0.3) is 10.2 Å². The molecule has 0 bridgehead atoms. The smallest absolute Gasteiger partial charge is 0.274 e. The zero-order valence-electron chi connectivity index (χ0n) is 6.37. The van der Waals surface area contributed by atoms with Gasteiger partial charge in [-0.2, -0.15) is 0 Å². The maximum atomic E-state index is 5.04. The second-order valence-corrected chi connectivity index (χ2v) is 4.09. The number of halogens is 1. The number of benzene rings is 1. The highest BCUT2D eigenvalue weighted by molar-refractivity contribution is 9.10. The van der Waals surface area contributed by atoms with Crippen molar-refractivity contribution in [2.75, 3.05) is 7.11 Å². The molecule has 1 heterocycles. The molecule has 0 aliphatic heterocycles. The Bertz CT molecular complexity index is 412. The largest absolute Gasteiger partial charge is 0.473 e. The van der Waals surface area contributed by atoms with Gasteiger partial charge in [-0.15, -0.1) is 0 Å². The van der Waals surface area contributed by atoms with E-state index in [0.29, 0.717) is 5.19 Å². The van der Waals surface area contributed by atoms with Gasteiger partial charge in [0, 0.05) is 4.47 Å². The molecule has 0 fully saturated rings. The van der Waals surface area contributed by atoms with Gasteiger partial charge in [-0.1, -0.05) is 17.4 Å². The Labute approximate surface area is 82.3 Å². The van der Waals surface area contributed by atoms with Crippen molar-refractivity contribution in [2.24, 2.45) is 0 Å². The lowest BCUT2D eigenvalue weighted by Crippen LogP contribution is -1.77. The second-order valence-electron chi connectivity index (χ2n) is 2.27. The summed E-state index contributed by atoms with van der Waals surface area (Å²) in [6, 6.07) is 5.94. The molecular weight excluding hydrogens is 238 g/mol. The number of hydrogen-bond acceptors (Lipinski definition) is 3. The Morgan fingerprint density at radius 1 is 1.50 bits per heavy atom. The lowest BCUT2D eigenvalue weighted by atomic mass is 10.3. The van der Waals surface area contributed by atoms with Gasteiger partial charge in [0.1, 0.15) is 0 Å². The summed E-state index contributed by atoms with van der Waals surface area (Å²) in [7, 11) is 1.63. The first-order valence-electron chi connectivity index (χ1n) is 3.40. The van der Waals surface area contributed by atoms with Crippen LogP contribution in [0.4, 0.5) is 0 Å². The second kappa shape index (κ2) is 3.03. The van der Waals surface area contributed by atoms with Gasteiger partial charge in [-0.25, -0.2) is 4.98 Å². The highest BCUT2D eigenvalue weighted by Gasteiger charge is 2.05. The van der Waals surface area contributed by atoms with Gasteiger partial charge in [0.2, 0.25) is 0 Å². The van der Waals surface area contributed by atoms with Crippen LogP contribution in [-0.4, -0.2) is 12.1 Å². The summed E-state index contributed by atoms with van der Waals surface area (Å²) in [5.41, 5.74) is 0.978. The third-order valence-electron chi connectivity index (χ3n) is 1.52. The van der Waals surface area contributed by atoms with E-state index in [9.17, 15) is 0 Å². The van der Waals surface area contributed by atoms with Crippen molar-refractivity contribution in [2.45, 2.75) is 0 Å². The molecule has 0 N–H and O–H groups in total. The molecule has 4 heteroatoms. The van der Waals surface area contributed by atoms with Crippen molar-refractivity contribution in [3.63, 3.8) is 0 Å². The summed E-state index contributed by atoms with van der Waals surface area (Å²) in [5, 5.41) is 0.705. The van der Waals surface area contributed by atoms with Gasteiger partial charge >= 0.3 is 0 Å². The van der Waals surface area contributed by atoms with Crippen molar-refractivity contribution >= 4 is 37.5 Å². The van der Waals surface area contributed by atoms with Crippen LogP contribution in [0.5, 0.6) is 5.19 Å². The monoisotopic (exact) mass is 243 g/mol. The van der Waals surface area contributed by atoms with Crippen LogP contribution in [0.15, 0.2) is 22.7 Å². The number of nitrogens with zero attached hydrogens (tertiary/aromatic N) is 1. The molecule has 0 saturated carbocycles. The van der Waals surface area contributed by atoms with Crippen molar-refractivity contribution in [1.29, 1.82) is 0 Å². The number of thiazole rings is 1. The standard InChI is InChI=1S/C8H6BrNOS/c1-11-8-10-6-4-2-3-5(9)7(6)12-8/h2-4H,1H3. The molecule has 0 unspecified atom stereocenters. The summed E-state index contributed by atoms with van der Waals surface area (Å²) < 4.78 is 7.24. The molecule has 1 aromatic heterocycles. The van der Waals surface area contributed by atoms with Gasteiger partial charge in [-0.05, 0) is 28.1 Å². The average Bonchev–Trinajstić information content (AvgIpc) is 2.49. The lowest BCUT2D eigenvalue weighted by molar-refractivity contribution is 0.413. The van der Waals surface area contributed by atoms with Crippen LogP contribution in [0.3, 0.4) is 0 Å². The van der Waals surface area contributed by atoms with Crippen molar-refractivity contribution in [1.82, 2.24) is 4.98 Å². The lowest BCUT2D eigenvalue weighted by Gasteiger charge is -1.87. The van der Waals surface area contributed by atoms with E-state index in [-0.39, 0.29) is 0 Å². The Balaban J connectivity index is 2.74. The molecular formula is C8H6BrNOS. The molecule has 0 saturated heterocycles. The summed E-state index contributed by atoms with van der Waals surface area (Å²) in [4.78, 5) is 4.26. The van der Waals surface area contributed by atoms with E-state index in [1.165, 1.54) is 0 Å². The zero-order valence-corrected chi connectivity index (χ0v) is 8.78. The van der Waals surface area contributed by atoms with E-state index in [1.807, 2.05) is 18.2 Å². The molecule has 2 rings (SSSR count). The molecule has 12 heavy (non-hydrogen) atoms. The molecule has 0 radical (unpaired) electrons. The number of fused-ring (bicyclic) bond motifs is 1. The van der Waals surface area contributed by atoms with E-state index >= 15 is 0 Å². The Morgan fingerprint density at radius 2 is 2.33 bits per heavy atom. The van der Waals surface area contributed by atoms with Crippen LogP contribution < -0.4 is 4.74 Å². The maximum Gasteiger partial charge on any atom is 0.274 e. The van der Waals surface area contributed by atoms with Gasteiger partial charge < -0.3 is 4.74 Å². The van der Waals surface area contributed by atoms with E-state index in [0.717, 1.165) is 14.7 Å². The first-order valence-corrected chi connectivity index (χ1v) is 5.01. The first kappa shape index (κ1) is 8.01. The third-order valence-corrected chi connectivity index (χ3v) is 3.51. The average molecular weight is 244 g/mol. The van der Waals surface area contributed by atoms with E-state index < -0.39 is 0 Å². The minimum Gasteiger partial charge on any atom is -0.473 e. The number of aromatic nitrogens is 1. The summed E-state index contributed by atoms with van der Waals surface area (Å²) >= 11 is 5.00. The van der Waals surface area contributed by atoms with Gasteiger partial charge in [0.05, 0.1) is 17.3 Å². The molecule has 0 atom stereocenters. The van der Waals surface area contributed by atoms with Gasteiger partial charge in [0.25, 0.3) is 5.19 Å². The quantitative estimate of drug-likeness (QED) is 0.769. The number of hydrogen-bond donors (Lipinski definition) is 0. The highest BCUT2D eigenvalue weighted by Crippen LogP contribution is 2.32. The van der Waals surface area contributed by atoms with E-state index in [1.54, 1.807) is 18.4 Å². The third kappa shape index (κ3) is 1.21. The normalized spacial score (nSPS) is 10.5. The number of methoxy groups -OCH3 is 1. The maximum absolute atomic E-state index is 5.04. The Kier molecular flexibility index (Phi) is 2.02. The molecule has 0 spiro atoms. The van der Waals surface area contributed by atoms with Crippen LogP contribution in [0, 0.1) is 0 Å². The van der Waals surface area contributed by atoms with E-state index in [2.05, 4.69) is 20.9 Å². The van der Waals surface area contributed by atoms with Crippen molar-refractivity contribution < 1.29 is 4.74 Å². The zero-order chi connectivity index (χ0) is 8.55. The minimum atomic E-state index is 0.705. The molecule has 1 aromatic carbocycles. The SMILES string of the molecule is COc1nc2cccc(Br)c2s1. The van der Waals surface area contributed by atoms with Crippen LogP contribution >= 0.6 is 27.3 Å². The fourth-order valence-corrected chi connectivity index (χ4v) is 2.37. The predicted molar refractivity (Wildman–Crippen MR) is 53.9 cm³/mol. The van der Waals surface area contributed by atoms with E-state index in [4.69, 9.17) is 4.74 Å². The van der Waals surface area contributed by atoms with Crippen LogP contribution in [-0.2, 0) is 0 Å². The first-order chi connectivity index (χ1) is 5.81. The Morgan fingerprint density at radius 3 is 3.00 bits per heavy atom. The highest BCUT2D eigenvalue weighted by atomic mass is 79.9.